The lowest BCUT2D eigenvalue weighted by molar-refractivity contribution is 0.584. The molecular formula is C15H10Br2N2O. The van der Waals surface area contributed by atoms with Gasteiger partial charge >= 0.3 is 0 Å². The molecule has 1 heterocycles. The van der Waals surface area contributed by atoms with Crippen molar-refractivity contribution in [2.45, 2.75) is 6.92 Å². The topological polar surface area (TPSA) is 38.9 Å². The van der Waals surface area contributed by atoms with Crippen molar-refractivity contribution in [2.75, 3.05) is 0 Å². The first kappa shape index (κ1) is 13.5. The molecule has 3 nitrogen and oxygen atoms in total. The van der Waals surface area contributed by atoms with Gasteiger partial charge in [0.25, 0.3) is 0 Å². The predicted molar refractivity (Wildman–Crippen MR) is 85.3 cm³/mol. The Morgan fingerprint density at radius 1 is 0.900 bits per heavy atom. The SMILES string of the molecule is Cc1cc(Br)c(-c2nnc(-c3ccccc3)o2)cc1Br. The van der Waals surface area contributed by atoms with Crippen LogP contribution in [0.3, 0.4) is 0 Å². The van der Waals surface area contributed by atoms with E-state index in [0.717, 1.165) is 25.6 Å². The summed E-state index contributed by atoms with van der Waals surface area (Å²) in [6, 6.07) is 13.7. The lowest BCUT2D eigenvalue weighted by Crippen LogP contribution is -1.84. The number of benzene rings is 2. The number of aromatic nitrogens is 2. The Hall–Kier alpha value is -1.46. The van der Waals surface area contributed by atoms with E-state index in [1.165, 1.54) is 0 Å². The minimum Gasteiger partial charge on any atom is -0.416 e. The average Bonchev–Trinajstić information content (AvgIpc) is 2.93. The van der Waals surface area contributed by atoms with E-state index in [9.17, 15) is 0 Å². The monoisotopic (exact) mass is 392 g/mol. The average molecular weight is 394 g/mol. The first-order valence-corrected chi connectivity index (χ1v) is 7.58. The molecule has 3 rings (SSSR count). The number of hydrogen-bond acceptors (Lipinski definition) is 3. The van der Waals surface area contributed by atoms with E-state index in [1.54, 1.807) is 0 Å². The lowest BCUT2D eigenvalue weighted by atomic mass is 10.1. The van der Waals surface area contributed by atoms with E-state index < -0.39 is 0 Å². The van der Waals surface area contributed by atoms with Crippen LogP contribution in [0.2, 0.25) is 0 Å². The minimum absolute atomic E-state index is 0.497. The van der Waals surface area contributed by atoms with Crippen LogP contribution in [0, 0.1) is 6.92 Å². The summed E-state index contributed by atoms with van der Waals surface area (Å²) in [5.74, 6) is 1.01. The first-order chi connectivity index (χ1) is 9.65. The fourth-order valence-electron chi connectivity index (χ4n) is 1.84. The highest BCUT2D eigenvalue weighted by molar-refractivity contribution is 9.11. The van der Waals surface area contributed by atoms with E-state index in [4.69, 9.17) is 4.42 Å². The molecule has 0 atom stereocenters. The molecule has 0 fully saturated rings. The third-order valence-electron chi connectivity index (χ3n) is 2.92. The van der Waals surface area contributed by atoms with Gasteiger partial charge in [-0.2, -0.15) is 0 Å². The van der Waals surface area contributed by atoms with Crippen LogP contribution in [0.1, 0.15) is 5.56 Å². The fraction of sp³-hybridized carbons (Fsp3) is 0.0667. The van der Waals surface area contributed by atoms with E-state index in [0.29, 0.717) is 11.8 Å². The molecule has 0 aliphatic heterocycles. The molecule has 0 unspecified atom stereocenters. The number of rotatable bonds is 2. The Balaban J connectivity index is 2.05. The Labute approximate surface area is 133 Å². The standard InChI is InChI=1S/C15H10Br2N2O/c1-9-7-13(17)11(8-12(9)16)15-19-18-14(20-15)10-5-3-2-4-6-10/h2-8H,1H3. The summed E-state index contributed by atoms with van der Waals surface area (Å²) in [4.78, 5) is 0. The summed E-state index contributed by atoms with van der Waals surface area (Å²) in [5.41, 5.74) is 2.93. The van der Waals surface area contributed by atoms with Gasteiger partial charge < -0.3 is 4.42 Å². The van der Waals surface area contributed by atoms with Crippen LogP contribution in [-0.4, -0.2) is 10.2 Å². The van der Waals surface area contributed by atoms with Gasteiger partial charge in [-0.3, -0.25) is 0 Å². The predicted octanol–water partition coefficient (Wildman–Crippen LogP) is 5.24. The van der Waals surface area contributed by atoms with Crippen LogP contribution >= 0.6 is 31.9 Å². The number of hydrogen-bond donors (Lipinski definition) is 0. The maximum atomic E-state index is 5.76. The van der Waals surface area contributed by atoms with E-state index in [2.05, 4.69) is 42.1 Å². The maximum Gasteiger partial charge on any atom is 0.249 e. The van der Waals surface area contributed by atoms with Crippen LogP contribution in [0.5, 0.6) is 0 Å². The zero-order valence-corrected chi connectivity index (χ0v) is 13.8. The maximum absolute atomic E-state index is 5.76. The molecule has 0 saturated carbocycles. The van der Waals surface area contributed by atoms with Gasteiger partial charge in [0.15, 0.2) is 0 Å². The van der Waals surface area contributed by atoms with E-state index in [1.807, 2.05) is 49.4 Å². The zero-order valence-electron chi connectivity index (χ0n) is 10.6. The highest BCUT2D eigenvalue weighted by Crippen LogP contribution is 2.33. The molecule has 0 radical (unpaired) electrons. The van der Waals surface area contributed by atoms with Crippen molar-refractivity contribution in [2.24, 2.45) is 0 Å². The Kier molecular flexibility index (Phi) is 3.72. The minimum atomic E-state index is 0.497. The molecule has 0 saturated heterocycles. The third kappa shape index (κ3) is 2.55. The molecule has 0 spiro atoms. The van der Waals surface area contributed by atoms with Crippen molar-refractivity contribution >= 4 is 31.9 Å². The van der Waals surface area contributed by atoms with Crippen LogP contribution in [0.25, 0.3) is 22.9 Å². The van der Waals surface area contributed by atoms with Crippen molar-refractivity contribution in [1.82, 2.24) is 10.2 Å². The number of aryl methyl sites for hydroxylation is 1. The normalized spacial score (nSPS) is 10.8. The van der Waals surface area contributed by atoms with E-state index in [-0.39, 0.29) is 0 Å². The summed E-state index contributed by atoms with van der Waals surface area (Å²) < 4.78 is 7.70. The van der Waals surface area contributed by atoms with Crippen LogP contribution in [-0.2, 0) is 0 Å². The van der Waals surface area contributed by atoms with Crippen molar-refractivity contribution < 1.29 is 4.42 Å². The van der Waals surface area contributed by atoms with Crippen molar-refractivity contribution in [3.63, 3.8) is 0 Å². The fourth-order valence-corrected chi connectivity index (χ4v) is 2.81. The van der Waals surface area contributed by atoms with Gasteiger partial charge in [0.1, 0.15) is 0 Å². The van der Waals surface area contributed by atoms with Gasteiger partial charge in [-0.25, -0.2) is 0 Å². The second kappa shape index (κ2) is 5.50. The van der Waals surface area contributed by atoms with E-state index >= 15 is 0 Å². The molecule has 1 aromatic heterocycles. The van der Waals surface area contributed by atoms with Gasteiger partial charge in [-0.15, -0.1) is 10.2 Å². The van der Waals surface area contributed by atoms with Gasteiger partial charge in [-0.05, 0) is 52.7 Å². The van der Waals surface area contributed by atoms with Crippen molar-refractivity contribution in [3.8, 4) is 22.9 Å². The molecule has 3 aromatic rings. The largest absolute Gasteiger partial charge is 0.416 e. The zero-order chi connectivity index (χ0) is 14.1. The molecule has 0 aliphatic carbocycles. The molecule has 0 amide bonds. The highest BCUT2D eigenvalue weighted by Gasteiger charge is 2.14. The third-order valence-corrected chi connectivity index (χ3v) is 4.43. The van der Waals surface area contributed by atoms with Gasteiger partial charge in [0.05, 0.1) is 5.56 Å². The second-order valence-electron chi connectivity index (χ2n) is 4.36. The van der Waals surface area contributed by atoms with Crippen LogP contribution in [0.4, 0.5) is 0 Å². The summed E-state index contributed by atoms with van der Waals surface area (Å²) >= 11 is 7.05. The summed E-state index contributed by atoms with van der Waals surface area (Å²) in [6.45, 7) is 2.03. The Morgan fingerprint density at radius 2 is 1.60 bits per heavy atom. The molecular weight excluding hydrogens is 384 g/mol. The molecule has 2 aromatic carbocycles. The molecule has 0 N–H and O–H groups in total. The number of nitrogens with zero attached hydrogens (tertiary/aromatic N) is 2. The summed E-state index contributed by atoms with van der Waals surface area (Å²) in [5, 5.41) is 8.23. The molecule has 5 heteroatoms. The quantitative estimate of drug-likeness (QED) is 0.597. The van der Waals surface area contributed by atoms with Gasteiger partial charge in [0, 0.05) is 14.5 Å². The highest BCUT2D eigenvalue weighted by atomic mass is 79.9. The Bertz CT molecular complexity index is 754. The summed E-state index contributed by atoms with van der Waals surface area (Å²) in [6.07, 6.45) is 0. The van der Waals surface area contributed by atoms with Gasteiger partial charge in [-0.1, -0.05) is 34.1 Å². The van der Waals surface area contributed by atoms with Crippen LogP contribution in [0.15, 0.2) is 55.8 Å². The van der Waals surface area contributed by atoms with Crippen LogP contribution < -0.4 is 0 Å². The smallest absolute Gasteiger partial charge is 0.249 e. The molecule has 100 valence electrons. The second-order valence-corrected chi connectivity index (χ2v) is 6.07. The van der Waals surface area contributed by atoms with Crippen molar-refractivity contribution in [1.29, 1.82) is 0 Å². The van der Waals surface area contributed by atoms with Crippen molar-refractivity contribution in [3.05, 3.63) is 57.0 Å². The molecule has 20 heavy (non-hydrogen) atoms. The number of halogens is 2. The Morgan fingerprint density at radius 3 is 2.35 bits per heavy atom. The summed E-state index contributed by atoms with van der Waals surface area (Å²) in [7, 11) is 0. The van der Waals surface area contributed by atoms with Gasteiger partial charge in [0.2, 0.25) is 11.8 Å². The molecule has 0 aliphatic rings. The molecule has 0 bridgehead atoms. The first-order valence-electron chi connectivity index (χ1n) is 6.00. The lowest BCUT2D eigenvalue weighted by Gasteiger charge is -2.03.